The zero-order chi connectivity index (χ0) is 25.2. The molecule has 0 amide bonds. The Balaban J connectivity index is 1.52. The Bertz CT molecular complexity index is 1580. The van der Waals surface area contributed by atoms with E-state index in [-0.39, 0.29) is 0 Å². The minimum absolute atomic E-state index is 0.305. The van der Waals surface area contributed by atoms with Crippen LogP contribution in [0.15, 0.2) is 73.8 Å². The Hall–Kier alpha value is -4.30. The highest BCUT2D eigenvalue weighted by Gasteiger charge is 2.15. The van der Waals surface area contributed by atoms with Crippen LogP contribution in [0.25, 0.3) is 27.9 Å². The summed E-state index contributed by atoms with van der Waals surface area (Å²) in [7, 11) is 1.64. The highest BCUT2D eigenvalue weighted by Crippen LogP contribution is 2.33. The quantitative estimate of drug-likeness (QED) is 0.274. The molecule has 36 heavy (non-hydrogen) atoms. The van der Waals surface area contributed by atoms with E-state index in [1.807, 2.05) is 35.9 Å². The molecule has 0 saturated heterocycles. The van der Waals surface area contributed by atoms with Gasteiger partial charge in [-0.2, -0.15) is 5.10 Å². The van der Waals surface area contributed by atoms with E-state index in [1.165, 1.54) is 18.5 Å². The molecule has 1 N–H and O–H groups in total. The van der Waals surface area contributed by atoms with Crippen molar-refractivity contribution in [2.45, 2.75) is 13.5 Å². The number of nitrogens with one attached hydrogen (secondary N) is 1. The lowest BCUT2D eigenvalue weighted by atomic mass is 10.0. The van der Waals surface area contributed by atoms with Crippen LogP contribution in [-0.4, -0.2) is 31.8 Å². The highest BCUT2D eigenvalue weighted by molar-refractivity contribution is 6.30. The maximum absolute atomic E-state index is 14.5. The molecule has 0 spiro atoms. The van der Waals surface area contributed by atoms with Crippen molar-refractivity contribution < 1.29 is 9.13 Å². The van der Waals surface area contributed by atoms with Crippen molar-refractivity contribution in [1.29, 1.82) is 0 Å². The number of nitrogens with zero attached hydrogens (tertiary/aromatic N) is 5. The van der Waals surface area contributed by atoms with Crippen LogP contribution in [0.2, 0.25) is 5.02 Å². The number of fused-ring (bicyclic) bond motifs is 1. The van der Waals surface area contributed by atoms with Gasteiger partial charge < -0.3 is 10.1 Å². The number of halogens is 2. The first-order chi connectivity index (χ1) is 17.4. The summed E-state index contributed by atoms with van der Waals surface area (Å²) in [6, 6.07) is 13.9. The molecule has 0 atom stereocenters. The number of hydrogen-bond donors (Lipinski definition) is 1. The number of benzene rings is 2. The Morgan fingerprint density at radius 1 is 1.08 bits per heavy atom. The fraction of sp³-hybridized carbons (Fsp3) is 0.111. The second kappa shape index (κ2) is 9.75. The van der Waals surface area contributed by atoms with Gasteiger partial charge >= 0.3 is 0 Å². The van der Waals surface area contributed by atoms with Crippen LogP contribution >= 0.6 is 11.6 Å². The van der Waals surface area contributed by atoms with E-state index in [0.717, 1.165) is 27.8 Å². The average molecular weight is 501 g/mol. The van der Waals surface area contributed by atoms with E-state index >= 15 is 0 Å². The molecule has 3 aromatic heterocycles. The number of ether oxygens (including phenoxy) is 1. The Morgan fingerprint density at radius 3 is 2.64 bits per heavy atom. The molecule has 7 nitrogen and oxygen atoms in total. The van der Waals surface area contributed by atoms with Crippen molar-refractivity contribution in [3.8, 4) is 17.0 Å². The molecular weight excluding hydrogens is 479 g/mol. The predicted molar refractivity (Wildman–Crippen MR) is 140 cm³/mol. The molecule has 0 radical (unpaired) electrons. The maximum Gasteiger partial charge on any atom is 0.163 e. The van der Waals surface area contributed by atoms with Gasteiger partial charge in [-0.3, -0.25) is 4.98 Å². The number of anilines is 2. The Labute approximate surface area is 212 Å². The van der Waals surface area contributed by atoms with E-state index in [0.29, 0.717) is 40.0 Å². The van der Waals surface area contributed by atoms with Gasteiger partial charge in [0.15, 0.2) is 5.65 Å². The van der Waals surface area contributed by atoms with E-state index in [9.17, 15) is 4.39 Å². The first kappa shape index (κ1) is 23.4. The molecule has 3 heterocycles. The van der Waals surface area contributed by atoms with Crippen LogP contribution in [0.1, 0.15) is 18.1 Å². The van der Waals surface area contributed by atoms with Gasteiger partial charge in [-0.05, 0) is 54.5 Å². The van der Waals surface area contributed by atoms with E-state index < -0.39 is 5.82 Å². The first-order valence-electron chi connectivity index (χ1n) is 11.1. The number of allylic oxidation sites excluding steroid dienone is 1. The van der Waals surface area contributed by atoms with E-state index in [4.69, 9.17) is 16.3 Å². The summed E-state index contributed by atoms with van der Waals surface area (Å²) in [6.07, 6.45) is 4.86. The van der Waals surface area contributed by atoms with Crippen molar-refractivity contribution in [1.82, 2.24) is 24.7 Å². The van der Waals surface area contributed by atoms with Crippen LogP contribution < -0.4 is 10.1 Å². The molecule has 0 fully saturated rings. The van der Waals surface area contributed by atoms with Crippen molar-refractivity contribution in [2.24, 2.45) is 0 Å². The lowest BCUT2D eigenvalue weighted by Gasteiger charge is -2.14. The normalized spacial score (nSPS) is 11.0. The molecule has 0 saturated carbocycles. The van der Waals surface area contributed by atoms with Gasteiger partial charge in [0.05, 0.1) is 36.6 Å². The summed E-state index contributed by atoms with van der Waals surface area (Å²) < 4.78 is 21.6. The summed E-state index contributed by atoms with van der Waals surface area (Å²) >= 11 is 6.10. The predicted octanol–water partition coefficient (Wildman–Crippen LogP) is 6.51. The van der Waals surface area contributed by atoms with Crippen molar-refractivity contribution >= 4 is 39.7 Å². The van der Waals surface area contributed by atoms with E-state index in [2.05, 4.69) is 31.9 Å². The van der Waals surface area contributed by atoms with Gasteiger partial charge in [0.2, 0.25) is 0 Å². The van der Waals surface area contributed by atoms with Crippen LogP contribution in [0.5, 0.6) is 5.75 Å². The Kier molecular flexibility index (Phi) is 6.35. The topological polar surface area (TPSA) is 77.8 Å². The van der Waals surface area contributed by atoms with Gasteiger partial charge in [0.25, 0.3) is 0 Å². The molecule has 9 heteroatoms. The van der Waals surface area contributed by atoms with E-state index in [1.54, 1.807) is 31.6 Å². The molecular formula is C27H22ClFN6O. The molecule has 5 aromatic rings. The third-order valence-electron chi connectivity index (χ3n) is 5.75. The number of hydrogen-bond acceptors (Lipinski definition) is 6. The first-order valence-corrected chi connectivity index (χ1v) is 11.5. The largest absolute Gasteiger partial charge is 0.497 e. The molecule has 2 aromatic carbocycles. The third kappa shape index (κ3) is 4.63. The fourth-order valence-corrected chi connectivity index (χ4v) is 4.05. The second-order valence-electron chi connectivity index (χ2n) is 8.25. The molecule has 5 rings (SSSR count). The molecule has 0 unspecified atom stereocenters. The average Bonchev–Trinajstić information content (AvgIpc) is 3.29. The monoisotopic (exact) mass is 500 g/mol. The van der Waals surface area contributed by atoms with Crippen LogP contribution in [-0.2, 0) is 6.54 Å². The standard InChI is InChI=1S/C27H22ClFN6O/c1-16(2)21-12-30-24(20-10-18(28)6-9-23(20)29)11-25(21)34-26-22-13-33-35(27(22)32-15-31-26)14-17-4-7-19(36-3)8-5-17/h4-13,15H,1,14H2,2-3H3,(H,30,31,32,34). The van der Waals surface area contributed by atoms with Gasteiger partial charge in [-0.15, -0.1) is 0 Å². The van der Waals surface area contributed by atoms with Gasteiger partial charge in [0, 0.05) is 22.3 Å². The minimum Gasteiger partial charge on any atom is -0.497 e. The lowest BCUT2D eigenvalue weighted by Crippen LogP contribution is -2.04. The van der Waals surface area contributed by atoms with Crippen LogP contribution in [0.3, 0.4) is 0 Å². The number of methoxy groups -OCH3 is 1. The molecule has 0 bridgehead atoms. The Morgan fingerprint density at radius 2 is 1.89 bits per heavy atom. The number of pyridine rings is 1. The molecule has 0 aliphatic carbocycles. The summed E-state index contributed by atoms with van der Waals surface area (Å²) in [5.41, 5.74) is 4.72. The van der Waals surface area contributed by atoms with Gasteiger partial charge in [0.1, 0.15) is 23.7 Å². The molecule has 0 aliphatic rings. The van der Waals surface area contributed by atoms with Crippen molar-refractivity contribution in [3.63, 3.8) is 0 Å². The van der Waals surface area contributed by atoms with Gasteiger partial charge in [-0.1, -0.05) is 30.3 Å². The lowest BCUT2D eigenvalue weighted by molar-refractivity contribution is 0.414. The third-order valence-corrected chi connectivity index (χ3v) is 5.98. The van der Waals surface area contributed by atoms with Gasteiger partial charge in [-0.25, -0.2) is 19.0 Å². The zero-order valence-electron chi connectivity index (χ0n) is 19.7. The van der Waals surface area contributed by atoms with Crippen molar-refractivity contribution in [2.75, 3.05) is 12.4 Å². The second-order valence-corrected chi connectivity index (χ2v) is 8.69. The number of rotatable bonds is 7. The highest BCUT2D eigenvalue weighted by atomic mass is 35.5. The summed E-state index contributed by atoms with van der Waals surface area (Å²) in [5, 5.41) is 9.05. The minimum atomic E-state index is -0.412. The molecule has 0 aliphatic heterocycles. The van der Waals surface area contributed by atoms with Crippen LogP contribution in [0, 0.1) is 5.82 Å². The van der Waals surface area contributed by atoms with Crippen LogP contribution in [0.4, 0.5) is 15.9 Å². The smallest absolute Gasteiger partial charge is 0.163 e. The maximum atomic E-state index is 14.5. The SMILES string of the molecule is C=C(C)c1cnc(-c2cc(Cl)ccc2F)cc1Nc1ncnc2c1cnn2Cc1ccc(OC)cc1. The van der Waals surface area contributed by atoms with Crippen molar-refractivity contribution in [3.05, 3.63) is 95.8 Å². The summed E-state index contributed by atoms with van der Waals surface area (Å²) in [5.74, 6) is 0.943. The summed E-state index contributed by atoms with van der Waals surface area (Å²) in [4.78, 5) is 13.3. The zero-order valence-corrected chi connectivity index (χ0v) is 20.4. The fourth-order valence-electron chi connectivity index (χ4n) is 3.88. The summed E-state index contributed by atoms with van der Waals surface area (Å²) in [6.45, 7) is 6.47. The molecule has 180 valence electrons. The number of aromatic nitrogens is 5.